The van der Waals surface area contributed by atoms with E-state index in [1.807, 2.05) is 49.3 Å². The normalized spacial score (nSPS) is 14.1. The van der Waals surface area contributed by atoms with Crippen LogP contribution in [0.15, 0.2) is 47.5 Å². The molecule has 2 aromatic rings. The summed E-state index contributed by atoms with van der Waals surface area (Å²) in [5.41, 5.74) is 5.00. The van der Waals surface area contributed by atoms with E-state index < -0.39 is 0 Å². The van der Waals surface area contributed by atoms with Gasteiger partial charge >= 0.3 is 0 Å². The van der Waals surface area contributed by atoms with Gasteiger partial charge in [0.15, 0.2) is 0 Å². The van der Waals surface area contributed by atoms with E-state index in [1.54, 1.807) is 6.07 Å². The highest BCUT2D eigenvalue weighted by Gasteiger charge is 2.14. The Morgan fingerprint density at radius 1 is 1.05 bits per heavy atom. The molecule has 3 nitrogen and oxygen atoms in total. The van der Waals surface area contributed by atoms with Gasteiger partial charge in [-0.1, -0.05) is 12.1 Å². The lowest BCUT2D eigenvalue weighted by atomic mass is 9.96. The minimum Gasteiger partial charge on any atom is -0.378 e. The maximum absolute atomic E-state index is 13.7. The van der Waals surface area contributed by atoms with Gasteiger partial charge in [0, 0.05) is 31.9 Å². The molecule has 1 aliphatic heterocycles. The minimum atomic E-state index is -0.225. The van der Waals surface area contributed by atoms with Gasteiger partial charge in [-0.25, -0.2) is 4.39 Å². The van der Waals surface area contributed by atoms with Gasteiger partial charge in [-0.3, -0.25) is 10.3 Å². The second-order valence-corrected chi connectivity index (χ2v) is 5.32. The maximum atomic E-state index is 13.7. The first-order valence-corrected chi connectivity index (χ1v) is 6.97. The standard InChI is InChI=1S/C17H18FN3/c1-21(2)14-6-3-12(4-7-14)16-9-13(18)5-8-15(16)17-10-19-11-20-17/h3-9,19H,10-11H2,1-2H3. The van der Waals surface area contributed by atoms with Gasteiger partial charge in [0.25, 0.3) is 0 Å². The summed E-state index contributed by atoms with van der Waals surface area (Å²) in [5, 5.41) is 3.18. The molecule has 0 atom stereocenters. The maximum Gasteiger partial charge on any atom is 0.123 e. The summed E-state index contributed by atoms with van der Waals surface area (Å²) < 4.78 is 13.7. The number of aliphatic imine (C=N–C) groups is 1. The van der Waals surface area contributed by atoms with Crippen LogP contribution in [0.5, 0.6) is 0 Å². The molecule has 0 unspecified atom stereocenters. The Morgan fingerprint density at radius 2 is 1.81 bits per heavy atom. The monoisotopic (exact) mass is 283 g/mol. The van der Waals surface area contributed by atoms with Gasteiger partial charge in [0.05, 0.1) is 12.4 Å². The zero-order chi connectivity index (χ0) is 14.8. The van der Waals surface area contributed by atoms with Crippen LogP contribution < -0.4 is 10.2 Å². The molecule has 2 aromatic carbocycles. The molecule has 1 heterocycles. The number of nitrogens with one attached hydrogen (secondary N) is 1. The molecule has 108 valence electrons. The first-order chi connectivity index (χ1) is 10.1. The van der Waals surface area contributed by atoms with Crippen LogP contribution in [-0.2, 0) is 0 Å². The summed E-state index contributed by atoms with van der Waals surface area (Å²) in [6.07, 6.45) is 0. The van der Waals surface area contributed by atoms with Crippen molar-refractivity contribution < 1.29 is 4.39 Å². The van der Waals surface area contributed by atoms with E-state index in [9.17, 15) is 4.39 Å². The Balaban J connectivity index is 2.06. The van der Waals surface area contributed by atoms with Gasteiger partial charge in [-0.05, 0) is 41.5 Å². The van der Waals surface area contributed by atoms with E-state index in [-0.39, 0.29) is 5.82 Å². The number of nitrogens with zero attached hydrogens (tertiary/aromatic N) is 2. The van der Waals surface area contributed by atoms with E-state index in [1.165, 1.54) is 6.07 Å². The van der Waals surface area contributed by atoms with Crippen molar-refractivity contribution in [1.82, 2.24) is 5.32 Å². The van der Waals surface area contributed by atoms with Crippen LogP contribution in [0.2, 0.25) is 0 Å². The van der Waals surface area contributed by atoms with Gasteiger partial charge in [-0.15, -0.1) is 0 Å². The average Bonchev–Trinajstić information content (AvgIpc) is 3.01. The molecule has 0 saturated heterocycles. The second-order valence-electron chi connectivity index (χ2n) is 5.32. The molecule has 0 aliphatic carbocycles. The quantitative estimate of drug-likeness (QED) is 0.938. The number of hydrogen-bond donors (Lipinski definition) is 1. The lowest BCUT2D eigenvalue weighted by molar-refractivity contribution is 0.628. The predicted molar refractivity (Wildman–Crippen MR) is 85.6 cm³/mol. The molecule has 1 aliphatic rings. The predicted octanol–water partition coefficient (Wildman–Crippen LogP) is 2.91. The highest BCUT2D eigenvalue weighted by atomic mass is 19.1. The molecule has 3 rings (SSSR count). The van der Waals surface area contributed by atoms with Crippen molar-refractivity contribution >= 4 is 11.4 Å². The Morgan fingerprint density at radius 3 is 2.43 bits per heavy atom. The third kappa shape index (κ3) is 2.81. The molecule has 0 aromatic heterocycles. The van der Waals surface area contributed by atoms with Crippen molar-refractivity contribution in [3.8, 4) is 11.1 Å². The molecule has 0 saturated carbocycles. The number of halogens is 1. The SMILES string of the molecule is CN(C)c1ccc(-c2cc(F)ccc2C2=NCNC2)cc1. The van der Waals surface area contributed by atoms with Crippen molar-refractivity contribution in [3.05, 3.63) is 53.8 Å². The zero-order valence-corrected chi connectivity index (χ0v) is 12.2. The molecule has 0 bridgehead atoms. The first-order valence-electron chi connectivity index (χ1n) is 6.97. The van der Waals surface area contributed by atoms with E-state index in [2.05, 4.69) is 10.3 Å². The van der Waals surface area contributed by atoms with Crippen molar-refractivity contribution in [1.29, 1.82) is 0 Å². The summed E-state index contributed by atoms with van der Waals surface area (Å²) in [7, 11) is 4.00. The fourth-order valence-corrected chi connectivity index (χ4v) is 2.51. The molecule has 1 N–H and O–H groups in total. The van der Waals surface area contributed by atoms with Gasteiger partial charge < -0.3 is 4.90 Å². The fourth-order valence-electron chi connectivity index (χ4n) is 2.51. The third-order valence-electron chi connectivity index (χ3n) is 3.66. The van der Waals surface area contributed by atoms with Gasteiger partial charge in [0.1, 0.15) is 5.82 Å². The van der Waals surface area contributed by atoms with Crippen molar-refractivity contribution in [3.63, 3.8) is 0 Å². The van der Waals surface area contributed by atoms with Crippen molar-refractivity contribution in [2.75, 3.05) is 32.2 Å². The van der Waals surface area contributed by atoms with Crippen LogP contribution in [0.4, 0.5) is 10.1 Å². The van der Waals surface area contributed by atoms with Crippen LogP contribution in [0, 0.1) is 5.82 Å². The lowest BCUT2D eigenvalue weighted by Crippen LogP contribution is -2.14. The summed E-state index contributed by atoms with van der Waals surface area (Å²) in [4.78, 5) is 6.49. The fraction of sp³-hybridized carbons (Fsp3) is 0.235. The Labute approximate surface area is 124 Å². The Kier molecular flexibility index (Phi) is 3.71. The summed E-state index contributed by atoms with van der Waals surface area (Å²) in [6.45, 7) is 1.36. The molecule has 0 spiro atoms. The Hall–Kier alpha value is -2.20. The Bertz CT molecular complexity index is 675. The molecule has 0 amide bonds. The number of hydrogen-bond acceptors (Lipinski definition) is 3. The molecular weight excluding hydrogens is 265 g/mol. The number of anilines is 1. The average molecular weight is 283 g/mol. The third-order valence-corrected chi connectivity index (χ3v) is 3.66. The molecule has 21 heavy (non-hydrogen) atoms. The van der Waals surface area contributed by atoms with E-state index in [0.717, 1.165) is 34.6 Å². The van der Waals surface area contributed by atoms with Crippen LogP contribution in [0.25, 0.3) is 11.1 Å². The highest BCUT2D eigenvalue weighted by molar-refractivity contribution is 6.07. The van der Waals surface area contributed by atoms with E-state index in [4.69, 9.17) is 0 Å². The van der Waals surface area contributed by atoms with Crippen molar-refractivity contribution in [2.45, 2.75) is 0 Å². The zero-order valence-electron chi connectivity index (χ0n) is 12.2. The van der Waals surface area contributed by atoms with E-state index in [0.29, 0.717) is 6.67 Å². The van der Waals surface area contributed by atoms with Crippen LogP contribution >= 0.6 is 0 Å². The highest BCUT2D eigenvalue weighted by Crippen LogP contribution is 2.27. The van der Waals surface area contributed by atoms with Crippen LogP contribution in [0.1, 0.15) is 5.56 Å². The van der Waals surface area contributed by atoms with E-state index >= 15 is 0 Å². The lowest BCUT2D eigenvalue weighted by Gasteiger charge is -2.14. The smallest absolute Gasteiger partial charge is 0.123 e. The summed E-state index contributed by atoms with van der Waals surface area (Å²) in [6, 6.07) is 13.0. The van der Waals surface area contributed by atoms with Gasteiger partial charge in [-0.2, -0.15) is 0 Å². The molecule has 4 heteroatoms. The molecule has 0 radical (unpaired) electrons. The molecular formula is C17H18FN3. The number of rotatable bonds is 3. The number of benzene rings is 2. The van der Waals surface area contributed by atoms with Crippen LogP contribution in [-0.4, -0.2) is 33.0 Å². The first kappa shape index (κ1) is 13.8. The second kappa shape index (κ2) is 5.66. The van der Waals surface area contributed by atoms with Crippen LogP contribution in [0.3, 0.4) is 0 Å². The summed E-state index contributed by atoms with van der Waals surface area (Å²) in [5.74, 6) is -0.225. The topological polar surface area (TPSA) is 27.6 Å². The van der Waals surface area contributed by atoms with Gasteiger partial charge in [0.2, 0.25) is 0 Å². The largest absolute Gasteiger partial charge is 0.378 e. The molecule has 0 fully saturated rings. The summed E-state index contributed by atoms with van der Waals surface area (Å²) >= 11 is 0. The minimum absolute atomic E-state index is 0.225. The van der Waals surface area contributed by atoms with Crippen molar-refractivity contribution in [2.24, 2.45) is 4.99 Å².